The van der Waals surface area contributed by atoms with E-state index in [-0.39, 0.29) is 22.8 Å². The second kappa shape index (κ2) is 11.4. The smallest absolute Gasteiger partial charge is 0.277 e. The molecular weight excluding hydrogens is 318 g/mol. The molecule has 0 aliphatic rings. The van der Waals surface area contributed by atoms with Crippen LogP contribution in [-0.2, 0) is 0 Å². The topological polar surface area (TPSA) is 92.5 Å². The molecule has 0 aliphatic carbocycles. The number of nitrogens with one attached hydrogen (secondary N) is 1. The van der Waals surface area contributed by atoms with Gasteiger partial charge >= 0.3 is 0 Å². The average molecular weight is 343 g/mol. The molecule has 2 aromatic rings. The standard InChI is InChI=1S/C14H13N5O2.2C2H6/c1-4-6-10(15-7-5-2)11-12-14(21)16-8-17-19(12)13(18-11)9(3)20;2*1-2/h4-8H,1-2H2,3H3,(H,16,17,21);2*1-2H3/b10-6-,15-7?;;. The number of H-pyrrole nitrogens is 1. The summed E-state index contributed by atoms with van der Waals surface area (Å²) in [5.41, 5.74) is 0.377. The maximum Gasteiger partial charge on any atom is 0.277 e. The van der Waals surface area contributed by atoms with Crippen molar-refractivity contribution in [2.24, 2.45) is 4.99 Å². The Morgan fingerprint density at radius 2 is 1.88 bits per heavy atom. The van der Waals surface area contributed by atoms with E-state index in [0.29, 0.717) is 5.70 Å². The highest BCUT2D eigenvalue weighted by Crippen LogP contribution is 2.19. The molecule has 0 radical (unpaired) electrons. The lowest BCUT2D eigenvalue weighted by Gasteiger charge is -1.97. The van der Waals surface area contributed by atoms with Crippen LogP contribution in [0.5, 0.6) is 0 Å². The summed E-state index contributed by atoms with van der Waals surface area (Å²) in [7, 11) is 0. The number of imidazole rings is 1. The Kier molecular flexibility index (Phi) is 10.0. The van der Waals surface area contributed by atoms with Gasteiger partial charge in [-0.25, -0.2) is 9.50 Å². The summed E-state index contributed by atoms with van der Waals surface area (Å²) in [6.45, 7) is 16.5. The van der Waals surface area contributed by atoms with E-state index in [2.05, 4.69) is 33.2 Å². The average Bonchev–Trinajstić information content (AvgIpc) is 3.03. The van der Waals surface area contributed by atoms with E-state index in [4.69, 9.17) is 0 Å². The summed E-state index contributed by atoms with van der Waals surface area (Å²) in [5.74, 6) is -0.241. The van der Waals surface area contributed by atoms with E-state index >= 15 is 0 Å². The predicted molar refractivity (Wildman–Crippen MR) is 103 cm³/mol. The lowest BCUT2D eigenvalue weighted by Crippen LogP contribution is -2.13. The van der Waals surface area contributed by atoms with Gasteiger partial charge in [0.1, 0.15) is 12.0 Å². The van der Waals surface area contributed by atoms with Crippen LogP contribution in [0.3, 0.4) is 0 Å². The van der Waals surface area contributed by atoms with Crippen molar-refractivity contribution in [3.8, 4) is 0 Å². The number of hydrogen-bond acceptors (Lipinski definition) is 5. The normalized spacial score (nSPS) is 10.5. The molecular formula is C18H25N5O2. The van der Waals surface area contributed by atoms with Gasteiger partial charge in [0.05, 0.1) is 5.70 Å². The second-order valence-electron chi connectivity index (χ2n) is 4.02. The van der Waals surface area contributed by atoms with Gasteiger partial charge in [0.25, 0.3) is 5.56 Å². The van der Waals surface area contributed by atoms with Crippen LogP contribution in [0.4, 0.5) is 0 Å². The molecule has 7 nitrogen and oxygen atoms in total. The van der Waals surface area contributed by atoms with Crippen LogP contribution in [0.1, 0.15) is 50.9 Å². The fraction of sp³-hybridized carbons (Fsp3) is 0.278. The van der Waals surface area contributed by atoms with Crippen molar-refractivity contribution in [3.05, 3.63) is 59.6 Å². The fourth-order valence-corrected chi connectivity index (χ4v) is 1.78. The number of allylic oxidation sites excluding steroid dienone is 3. The first-order valence-electron chi connectivity index (χ1n) is 8.05. The van der Waals surface area contributed by atoms with Crippen molar-refractivity contribution in [2.45, 2.75) is 34.6 Å². The van der Waals surface area contributed by atoms with E-state index in [1.807, 2.05) is 27.7 Å². The zero-order chi connectivity index (χ0) is 19.4. The molecule has 2 aromatic heterocycles. The number of aromatic nitrogens is 4. The number of fused-ring (bicyclic) bond motifs is 1. The summed E-state index contributed by atoms with van der Waals surface area (Å²) < 4.78 is 1.21. The van der Waals surface area contributed by atoms with Gasteiger partial charge in [-0.15, -0.1) is 0 Å². The number of ketones is 1. The summed E-state index contributed by atoms with van der Waals surface area (Å²) in [4.78, 5) is 34.5. The molecule has 0 bridgehead atoms. The molecule has 0 aliphatic heterocycles. The quantitative estimate of drug-likeness (QED) is 0.511. The maximum absolute atomic E-state index is 12.0. The third kappa shape index (κ3) is 5.20. The summed E-state index contributed by atoms with van der Waals surface area (Å²) in [6, 6.07) is 0. The highest BCUT2D eigenvalue weighted by molar-refractivity contribution is 5.93. The van der Waals surface area contributed by atoms with Gasteiger partial charge in [-0.05, 0) is 6.08 Å². The van der Waals surface area contributed by atoms with E-state index < -0.39 is 5.56 Å². The Morgan fingerprint density at radius 3 is 2.40 bits per heavy atom. The van der Waals surface area contributed by atoms with Crippen molar-refractivity contribution in [2.75, 3.05) is 0 Å². The van der Waals surface area contributed by atoms with Gasteiger partial charge in [0, 0.05) is 13.1 Å². The molecule has 0 spiro atoms. The van der Waals surface area contributed by atoms with Crippen LogP contribution < -0.4 is 5.56 Å². The summed E-state index contributed by atoms with van der Waals surface area (Å²) >= 11 is 0. The van der Waals surface area contributed by atoms with Gasteiger partial charge in [-0.1, -0.05) is 53.0 Å². The number of carbonyl (C=O) groups excluding carboxylic acids is 1. The fourth-order valence-electron chi connectivity index (χ4n) is 1.78. The van der Waals surface area contributed by atoms with Gasteiger partial charge < -0.3 is 4.98 Å². The lowest BCUT2D eigenvalue weighted by atomic mass is 10.2. The van der Waals surface area contributed by atoms with Gasteiger partial charge in [-0.2, -0.15) is 5.10 Å². The Labute approximate surface area is 147 Å². The van der Waals surface area contributed by atoms with Crippen LogP contribution in [0.25, 0.3) is 11.2 Å². The number of carbonyl (C=O) groups is 1. The first-order chi connectivity index (χ1) is 12.1. The Bertz CT molecular complexity index is 841. The second-order valence-corrected chi connectivity index (χ2v) is 4.02. The Balaban J connectivity index is 0.00000134. The van der Waals surface area contributed by atoms with Crippen molar-refractivity contribution >= 4 is 23.2 Å². The van der Waals surface area contributed by atoms with Gasteiger partial charge in [0.15, 0.2) is 17.1 Å². The van der Waals surface area contributed by atoms with E-state index in [9.17, 15) is 9.59 Å². The molecule has 0 fully saturated rings. The van der Waals surface area contributed by atoms with Crippen LogP contribution in [0.2, 0.25) is 0 Å². The number of aromatic amines is 1. The van der Waals surface area contributed by atoms with Crippen LogP contribution >= 0.6 is 0 Å². The minimum absolute atomic E-state index is 0.0647. The molecule has 2 rings (SSSR count). The van der Waals surface area contributed by atoms with E-state index in [0.717, 1.165) is 0 Å². The minimum Gasteiger partial charge on any atom is -0.310 e. The van der Waals surface area contributed by atoms with Gasteiger partial charge in [-0.3, -0.25) is 14.6 Å². The largest absolute Gasteiger partial charge is 0.310 e. The monoisotopic (exact) mass is 343 g/mol. The zero-order valence-electron chi connectivity index (χ0n) is 15.4. The first kappa shape index (κ1) is 21.9. The molecule has 0 saturated heterocycles. The van der Waals surface area contributed by atoms with E-state index in [1.165, 1.54) is 36.1 Å². The zero-order valence-corrected chi connectivity index (χ0v) is 15.4. The summed E-state index contributed by atoms with van der Waals surface area (Å²) in [6.07, 6.45) is 7.25. The number of hydrogen-bond donors (Lipinski definition) is 1. The lowest BCUT2D eigenvalue weighted by molar-refractivity contribution is 0.100. The van der Waals surface area contributed by atoms with Crippen molar-refractivity contribution in [3.63, 3.8) is 0 Å². The molecule has 7 heteroatoms. The third-order valence-electron chi connectivity index (χ3n) is 2.59. The number of rotatable bonds is 5. The molecule has 0 unspecified atom stereocenters. The molecule has 0 saturated carbocycles. The highest BCUT2D eigenvalue weighted by atomic mass is 16.1. The SMILES string of the molecule is C=CC=N/C(=C\C=C)c1nc(C(C)=O)n2nc[nH]c(=O)c12.CC.CC. The number of Topliss-reactive ketones (excluding diaryl/α,β-unsaturated/α-hetero) is 1. The molecule has 0 aromatic carbocycles. The Morgan fingerprint density at radius 1 is 1.24 bits per heavy atom. The van der Waals surface area contributed by atoms with Crippen molar-refractivity contribution in [1.82, 2.24) is 19.6 Å². The molecule has 25 heavy (non-hydrogen) atoms. The van der Waals surface area contributed by atoms with E-state index in [1.54, 1.807) is 6.08 Å². The molecule has 134 valence electrons. The van der Waals surface area contributed by atoms with Crippen LogP contribution in [-0.4, -0.2) is 31.6 Å². The number of nitrogens with zero attached hydrogens (tertiary/aromatic N) is 4. The van der Waals surface area contributed by atoms with Crippen molar-refractivity contribution in [1.29, 1.82) is 0 Å². The first-order valence-corrected chi connectivity index (χ1v) is 8.05. The molecule has 2 heterocycles. The molecule has 0 amide bonds. The van der Waals surface area contributed by atoms with Crippen molar-refractivity contribution < 1.29 is 4.79 Å². The molecule has 1 N–H and O–H groups in total. The highest BCUT2D eigenvalue weighted by Gasteiger charge is 2.20. The van der Waals surface area contributed by atoms with Crippen LogP contribution in [0.15, 0.2) is 47.5 Å². The maximum atomic E-state index is 12.0. The number of aliphatic imine (C=N–C) groups is 1. The Hall–Kier alpha value is -3.09. The summed E-state index contributed by atoms with van der Waals surface area (Å²) in [5, 5.41) is 3.96. The minimum atomic E-state index is -0.413. The third-order valence-corrected chi connectivity index (χ3v) is 2.59. The predicted octanol–water partition coefficient (Wildman–Crippen LogP) is 3.46. The van der Waals surface area contributed by atoms with Gasteiger partial charge in [0.2, 0.25) is 0 Å². The molecule has 0 atom stereocenters. The van der Waals surface area contributed by atoms with Crippen LogP contribution in [0, 0.1) is 0 Å².